The van der Waals surface area contributed by atoms with Crippen LogP contribution in [0.4, 0.5) is 0 Å². The Bertz CT molecular complexity index is 2220. The van der Waals surface area contributed by atoms with Gasteiger partial charge in [0.05, 0.1) is 0 Å². The highest BCUT2D eigenvalue weighted by atomic mass is 16.3. The van der Waals surface area contributed by atoms with Gasteiger partial charge in [0, 0.05) is 5.56 Å². The molecular formula is C38H27NO. The van der Waals surface area contributed by atoms with Crippen molar-refractivity contribution in [1.82, 2.24) is 4.98 Å². The van der Waals surface area contributed by atoms with Gasteiger partial charge in [0.25, 0.3) is 0 Å². The Kier molecular flexibility index (Phi) is 4.90. The van der Waals surface area contributed by atoms with Crippen LogP contribution >= 0.6 is 0 Å². The van der Waals surface area contributed by atoms with Gasteiger partial charge < -0.3 is 4.42 Å². The van der Waals surface area contributed by atoms with Crippen molar-refractivity contribution in [2.75, 3.05) is 0 Å². The highest BCUT2D eigenvalue weighted by Gasteiger charge is 2.20. The number of nitrogens with zero attached hydrogens (tertiary/aromatic N) is 1. The molecule has 0 radical (unpaired) electrons. The summed E-state index contributed by atoms with van der Waals surface area (Å²) in [6.07, 6.45) is 0. The van der Waals surface area contributed by atoms with Gasteiger partial charge in [0.1, 0.15) is 5.52 Å². The van der Waals surface area contributed by atoms with Crippen LogP contribution in [0.25, 0.3) is 77.1 Å². The summed E-state index contributed by atoms with van der Waals surface area (Å²) in [6.45, 7) is 6.35. The summed E-state index contributed by atoms with van der Waals surface area (Å²) < 4.78 is 6.43. The number of fused-ring (bicyclic) bond motifs is 1. The van der Waals surface area contributed by atoms with Gasteiger partial charge in [-0.25, -0.2) is 4.98 Å². The predicted octanol–water partition coefficient (Wildman–Crippen LogP) is 10.7. The largest absolute Gasteiger partial charge is 0.436 e. The Morgan fingerprint density at radius 2 is 1.05 bits per heavy atom. The average molecular weight is 514 g/mol. The summed E-state index contributed by atoms with van der Waals surface area (Å²) >= 11 is 0. The van der Waals surface area contributed by atoms with E-state index >= 15 is 0 Å². The molecule has 0 spiro atoms. The Morgan fingerprint density at radius 1 is 0.475 bits per heavy atom. The molecule has 1 heterocycles. The predicted molar refractivity (Wildman–Crippen MR) is 168 cm³/mol. The molecule has 0 atom stereocenters. The number of rotatable bonds is 3. The minimum absolute atomic E-state index is 0.658. The van der Waals surface area contributed by atoms with E-state index in [4.69, 9.17) is 9.40 Å². The molecule has 8 rings (SSSR count). The quantitative estimate of drug-likeness (QED) is 0.220. The molecule has 0 unspecified atom stereocenters. The van der Waals surface area contributed by atoms with Crippen molar-refractivity contribution in [3.8, 4) is 33.7 Å². The topological polar surface area (TPSA) is 26.0 Å². The summed E-state index contributed by atoms with van der Waals surface area (Å²) in [7, 11) is 0. The molecule has 0 N–H and O–H groups in total. The third-order valence-electron chi connectivity index (χ3n) is 8.28. The monoisotopic (exact) mass is 513 g/mol. The highest BCUT2D eigenvalue weighted by Crippen LogP contribution is 2.46. The van der Waals surface area contributed by atoms with Crippen LogP contribution in [0.3, 0.4) is 0 Å². The molecule has 40 heavy (non-hydrogen) atoms. The fraction of sp³-hybridized carbons (Fsp3) is 0.0789. The fourth-order valence-corrected chi connectivity index (χ4v) is 6.18. The zero-order valence-electron chi connectivity index (χ0n) is 22.7. The van der Waals surface area contributed by atoms with E-state index in [0.717, 1.165) is 27.6 Å². The Labute approximate surface area is 232 Å². The molecular weight excluding hydrogens is 486 g/mol. The molecule has 0 aliphatic heterocycles. The first-order valence-corrected chi connectivity index (χ1v) is 13.8. The third kappa shape index (κ3) is 3.46. The molecule has 7 aromatic carbocycles. The number of aromatic nitrogens is 1. The van der Waals surface area contributed by atoms with Crippen molar-refractivity contribution in [2.24, 2.45) is 0 Å². The van der Waals surface area contributed by atoms with Gasteiger partial charge >= 0.3 is 0 Å². The first-order valence-electron chi connectivity index (χ1n) is 13.8. The molecule has 0 bridgehead atoms. The van der Waals surface area contributed by atoms with E-state index in [-0.39, 0.29) is 0 Å². The molecule has 1 aromatic heterocycles. The molecule has 0 fully saturated rings. The van der Waals surface area contributed by atoms with Crippen LogP contribution in [0.5, 0.6) is 0 Å². The molecule has 2 nitrogen and oxygen atoms in total. The van der Waals surface area contributed by atoms with Crippen LogP contribution < -0.4 is 0 Å². The Hall–Kier alpha value is -4.95. The molecule has 2 heteroatoms. The van der Waals surface area contributed by atoms with E-state index in [9.17, 15) is 0 Å². The normalized spacial score (nSPS) is 11.9. The molecule has 0 amide bonds. The molecule has 8 aromatic rings. The minimum atomic E-state index is 0.658. The number of hydrogen-bond acceptors (Lipinski definition) is 2. The number of oxazole rings is 1. The minimum Gasteiger partial charge on any atom is -0.436 e. The summed E-state index contributed by atoms with van der Waals surface area (Å²) in [4.78, 5) is 4.96. The van der Waals surface area contributed by atoms with Gasteiger partial charge in [-0.3, -0.25) is 0 Å². The first kappa shape index (κ1) is 23.0. The smallest absolute Gasteiger partial charge is 0.227 e. The lowest BCUT2D eigenvalue weighted by molar-refractivity contribution is 0.620. The SMILES string of the molecule is Cc1ccc(-c2ccc3ccc4c(-c5ccc(C)cc5)cc(-c5nc6ccc(C)cc6o5)c5ccc2c3c45)cc1. The number of benzene rings is 7. The molecule has 0 aliphatic carbocycles. The van der Waals surface area contributed by atoms with Gasteiger partial charge in [0.2, 0.25) is 5.89 Å². The maximum atomic E-state index is 6.43. The maximum absolute atomic E-state index is 6.43. The standard InChI is InChI=1S/C38H27NO/c1-22-4-9-25(10-5-22)28-15-13-27-14-16-30-32(26-11-6-23(2)7-12-26)21-33(31-18-17-29(28)36(27)37(30)31)38-39-34-19-8-24(3)20-35(34)40-38/h4-21H,1-3H3. The lowest BCUT2D eigenvalue weighted by Crippen LogP contribution is -1.92. The lowest BCUT2D eigenvalue weighted by Gasteiger charge is -2.18. The second-order valence-corrected chi connectivity index (χ2v) is 11.1. The van der Waals surface area contributed by atoms with Crippen LogP contribution in [-0.2, 0) is 0 Å². The van der Waals surface area contributed by atoms with E-state index in [2.05, 4.69) is 124 Å². The van der Waals surface area contributed by atoms with Crippen molar-refractivity contribution >= 4 is 43.4 Å². The second kappa shape index (κ2) is 8.53. The molecule has 0 saturated heterocycles. The van der Waals surface area contributed by atoms with Crippen molar-refractivity contribution in [2.45, 2.75) is 20.8 Å². The van der Waals surface area contributed by atoms with Gasteiger partial charge in [-0.1, -0.05) is 102 Å². The Morgan fingerprint density at radius 3 is 1.77 bits per heavy atom. The van der Waals surface area contributed by atoms with Gasteiger partial charge in [-0.2, -0.15) is 0 Å². The molecule has 190 valence electrons. The van der Waals surface area contributed by atoms with E-state index in [1.807, 2.05) is 6.07 Å². The summed E-state index contributed by atoms with van der Waals surface area (Å²) in [5.41, 5.74) is 11.3. The highest BCUT2D eigenvalue weighted by molar-refractivity contribution is 6.29. The Balaban J connectivity index is 1.51. The van der Waals surface area contributed by atoms with Crippen molar-refractivity contribution in [3.63, 3.8) is 0 Å². The van der Waals surface area contributed by atoms with Crippen molar-refractivity contribution in [1.29, 1.82) is 0 Å². The fourth-order valence-electron chi connectivity index (χ4n) is 6.18. The number of aryl methyl sites for hydroxylation is 3. The van der Waals surface area contributed by atoms with E-state index < -0.39 is 0 Å². The van der Waals surface area contributed by atoms with Crippen LogP contribution in [0.15, 0.2) is 114 Å². The summed E-state index contributed by atoms with van der Waals surface area (Å²) in [5, 5.41) is 7.46. The second-order valence-electron chi connectivity index (χ2n) is 11.1. The zero-order chi connectivity index (χ0) is 27.0. The third-order valence-corrected chi connectivity index (χ3v) is 8.28. The lowest BCUT2D eigenvalue weighted by atomic mass is 9.85. The number of hydrogen-bond donors (Lipinski definition) is 0. The maximum Gasteiger partial charge on any atom is 0.227 e. The van der Waals surface area contributed by atoms with Gasteiger partial charge in [-0.05, 0) is 99.1 Å². The van der Waals surface area contributed by atoms with Crippen LogP contribution in [0.2, 0.25) is 0 Å². The summed E-state index contributed by atoms with van der Waals surface area (Å²) in [6, 6.07) is 39.7. The zero-order valence-corrected chi connectivity index (χ0v) is 22.7. The average Bonchev–Trinajstić information content (AvgIpc) is 3.39. The van der Waals surface area contributed by atoms with Crippen molar-refractivity contribution in [3.05, 3.63) is 126 Å². The summed E-state index contributed by atoms with van der Waals surface area (Å²) in [5.74, 6) is 0.658. The van der Waals surface area contributed by atoms with Crippen LogP contribution in [0, 0.1) is 20.8 Å². The van der Waals surface area contributed by atoms with Crippen molar-refractivity contribution < 1.29 is 4.42 Å². The van der Waals surface area contributed by atoms with Gasteiger partial charge in [0.15, 0.2) is 5.58 Å². The van der Waals surface area contributed by atoms with E-state index in [1.165, 1.54) is 60.3 Å². The van der Waals surface area contributed by atoms with Crippen LogP contribution in [0.1, 0.15) is 16.7 Å². The van der Waals surface area contributed by atoms with Gasteiger partial charge in [-0.15, -0.1) is 0 Å². The van der Waals surface area contributed by atoms with E-state index in [0.29, 0.717) is 5.89 Å². The van der Waals surface area contributed by atoms with Crippen LogP contribution in [-0.4, -0.2) is 4.98 Å². The first-order chi connectivity index (χ1) is 19.5. The molecule has 0 aliphatic rings. The van der Waals surface area contributed by atoms with E-state index in [1.54, 1.807) is 0 Å². The molecule has 0 saturated carbocycles.